The lowest BCUT2D eigenvalue weighted by Gasteiger charge is -2.16. The first-order chi connectivity index (χ1) is 7.10. The molecule has 0 saturated heterocycles. The van der Waals surface area contributed by atoms with Crippen LogP contribution in [0.4, 0.5) is 0 Å². The summed E-state index contributed by atoms with van der Waals surface area (Å²) in [5, 5.41) is 28.1. The first kappa shape index (κ1) is 12.0. The van der Waals surface area contributed by atoms with E-state index in [0.29, 0.717) is 11.8 Å². The summed E-state index contributed by atoms with van der Waals surface area (Å²) in [5.41, 5.74) is 0.399. The van der Waals surface area contributed by atoms with Crippen molar-refractivity contribution in [3.63, 3.8) is 0 Å². The zero-order valence-corrected chi connectivity index (χ0v) is 8.55. The molecule has 0 aliphatic rings. The Morgan fingerprint density at radius 2 is 2.07 bits per heavy atom. The van der Waals surface area contributed by atoms with Gasteiger partial charge in [0.1, 0.15) is 11.9 Å². The highest BCUT2D eigenvalue weighted by Gasteiger charge is 2.18. The van der Waals surface area contributed by atoms with Crippen molar-refractivity contribution in [1.29, 1.82) is 0 Å². The van der Waals surface area contributed by atoms with Gasteiger partial charge in [0.2, 0.25) is 0 Å². The highest BCUT2D eigenvalue weighted by Crippen LogP contribution is 2.23. The number of halogens is 1. The molecule has 5 heteroatoms. The van der Waals surface area contributed by atoms with Gasteiger partial charge in [-0.05, 0) is 17.7 Å². The Labute approximate surface area is 91.7 Å². The molecule has 0 spiro atoms. The van der Waals surface area contributed by atoms with Gasteiger partial charge in [0.05, 0.1) is 17.5 Å². The molecule has 82 valence electrons. The summed E-state index contributed by atoms with van der Waals surface area (Å²) in [5.74, 6) is -0.278. The molecule has 0 fully saturated rings. The number of phenols is 1. The lowest BCUT2D eigenvalue weighted by Crippen LogP contribution is -2.19. The first-order valence-corrected chi connectivity index (χ1v) is 4.83. The summed E-state index contributed by atoms with van der Waals surface area (Å²) < 4.78 is 0. The number of aromatic hydroxyl groups is 1. The largest absolute Gasteiger partial charge is 0.507 e. The molecule has 3 N–H and O–H groups in total. The van der Waals surface area contributed by atoms with Crippen molar-refractivity contribution in [3.05, 3.63) is 29.3 Å². The molecule has 1 aromatic carbocycles. The van der Waals surface area contributed by atoms with Crippen LogP contribution in [0.2, 0.25) is 0 Å². The monoisotopic (exact) mass is 230 g/mol. The van der Waals surface area contributed by atoms with Crippen LogP contribution in [0.1, 0.15) is 22.0 Å². The highest BCUT2D eigenvalue weighted by molar-refractivity contribution is 6.18. The van der Waals surface area contributed by atoms with Crippen LogP contribution in [-0.4, -0.2) is 33.6 Å². The van der Waals surface area contributed by atoms with Gasteiger partial charge in [0.25, 0.3) is 0 Å². The van der Waals surface area contributed by atoms with Gasteiger partial charge in [-0.15, -0.1) is 11.6 Å². The van der Waals surface area contributed by atoms with Crippen LogP contribution in [-0.2, 0) is 0 Å². The number of carbonyl (C=O) groups is 1. The third kappa shape index (κ3) is 2.68. The van der Waals surface area contributed by atoms with E-state index in [1.165, 1.54) is 18.2 Å². The third-order valence-electron chi connectivity index (χ3n) is 2.04. The van der Waals surface area contributed by atoms with E-state index in [9.17, 15) is 20.1 Å². The fourth-order valence-corrected chi connectivity index (χ4v) is 1.33. The minimum atomic E-state index is -1.17. The van der Waals surface area contributed by atoms with E-state index in [-0.39, 0.29) is 17.2 Å². The van der Waals surface area contributed by atoms with Crippen LogP contribution >= 0.6 is 11.6 Å². The number of hydrogen-bond donors (Lipinski definition) is 3. The van der Waals surface area contributed by atoms with Crippen molar-refractivity contribution in [3.8, 4) is 5.75 Å². The van der Waals surface area contributed by atoms with E-state index in [4.69, 9.17) is 11.6 Å². The number of alkyl halides is 1. The number of aliphatic hydroxyl groups excluding tert-OH is 2. The lowest BCUT2D eigenvalue weighted by atomic mass is 10.0. The second kappa shape index (κ2) is 5.11. The van der Waals surface area contributed by atoms with E-state index in [1.54, 1.807) is 0 Å². The maximum absolute atomic E-state index is 10.5. The molecule has 0 aromatic heterocycles. The smallest absolute Gasteiger partial charge is 0.153 e. The number of rotatable bonds is 4. The third-order valence-corrected chi connectivity index (χ3v) is 2.36. The van der Waals surface area contributed by atoms with Crippen molar-refractivity contribution in [2.75, 3.05) is 5.88 Å². The van der Waals surface area contributed by atoms with Gasteiger partial charge in [-0.3, -0.25) is 4.79 Å². The molecule has 0 radical (unpaired) electrons. The van der Waals surface area contributed by atoms with Crippen LogP contribution in [0.25, 0.3) is 0 Å². The van der Waals surface area contributed by atoms with Crippen molar-refractivity contribution in [2.45, 2.75) is 12.2 Å². The Morgan fingerprint density at radius 1 is 1.40 bits per heavy atom. The van der Waals surface area contributed by atoms with Crippen LogP contribution in [0.5, 0.6) is 5.75 Å². The Balaban J connectivity index is 3.00. The van der Waals surface area contributed by atoms with Crippen LogP contribution < -0.4 is 0 Å². The van der Waals surface area contributed by atoms with E-state index in [0.717, 1.165) is 0 Å². The fourth-order valence-electron chi connectivity index (χ4n) is 1.16. The van der Waals surface area contributed by atoms with Gasteiger partial charge in [0, 0.05) is 0 Å². The van der Waals surface area contributed by atoms with E-state index < -0.39 is 12.2 Å². The van der Waals surface area contributed by atoms with E-state index in [1.807, 2.05) is 0 Å². The minimum absolute atomic E-state index is 0.0633. The van der Waals surface area contributed by atoms with Gasteiger partial charge in [0.15, 0.2) is 6.29 Å². The van der Waals surface area contributed by atoms with Gasteiger partial charge in [-0.2, -0.15) is 0 Å². The SMILES string of the molecule is O=Cc1cc(C(O)C(O)CCl)ccc1O. The van der Waals surface area contributed by atoms with Gasteiger partial charge < -0.3 is 15.3 Å². The Morgan fingerprint density at radius 3 is 2.60 bits per heavy atom. The molecule has 4 nitrogen and oxygen atoms in total. The average Bonchev–Trinajstić information content (AvgIpc) is 2.27. The molecule has 0 saturated carbocycles. The maximum atomic E-state index is 10.5. The van der Waals surface area contributed by atoms with Gasteiger partial charge in [-0.1, -0.05) is 6.07 Å². The second-order valence-corrected chi connectivity index (χ2v) is 3.41. The summed E-state index contributed by atoms with van der Waals surface area (Å²) in [6.07, 6.45) is -1.80. The summed E-state index contributed by atoms with van der Waals surface area (Å²) in [6, 6.07) is 4.01. The minimum Gasteiger partial charge on any atom is -0.507 e. The Hall–Kier alpha value is -1.10. The zero-order chi connectivity index (χ0) is 11.4. The molecule has 2 unspecified atom stereocenters. The molecule has 0 heterocycles. The molecular formula is C10H11ClO4. The average molecular weight is 231 g/mol. The predicted molar refractivity (Wildman–Crippen MR) is 55.2 cm³/mol. The van der Waals surface area contributed by atoms with E-state index in [2.05, 4.69) is 0 Å². The predicted octanol–water partition coefficient (Wildman–Crippen LogP) is 0.838. The number of phenolic OH excluding ortho intramolecular Hbond substituents is 1. The number of benzene rings is 1. The van der Waals surface area contributed by atoms with Gasteiger partial charge >= 0.3 is 0 Å². The number of aldehydes is 1. The highest BCUT2D eigenvalue weighted by atomic mass is 35.5. The molecule has 15 heavy (non-hydrogen) atoms. The topological polar surface area (TPSA) is 77.8 Å². The molecule has 1 aromatic rings. The molecular weight excluding hydrogens is 220 g/mol. The number of carbonyl (C=O) groups excluding carboxylic acids is 1. The van der Waals surface area contributed by atoms with Crippen molar-refractivity contribution < 1.29 is 20.1 Å². The first-order valence-electron chi connectivity index (χ1n) is 4.30. The molecule has 0 aliphatic carbocycles. The molecule has 2 atom stereocenters. The molecule has 0 aliphatic heterocycles. The Kier molecular flexibility index (Phi) is 4.08. The van der Waals surface area contributed by atoms with Crippen molar-refractivity contribution in [1.82, 2.24) is 0 Å². The molecule has 0 bridgehead atoms. The quantitative estimate of drug-likeness (QED) is 0.529. The number of hydrogen-bond acceptors (Lipinski definition) is 4. The molecule has 1 rings (SSSR count). The summed E-state index contributed by atoms with van der Waals surface area (Å²) in [7, 11) is 0. The van der Waals surface area contributed by atoms with Crippen molar-refractivity contribution in [2.24, 2.45) is 0 Å². The lowest BCUT2D eigenvalue weighted by molar-refractivity contribution is 0.0326. The normalized spacial score (nSPS) is 14.6. The maximum Gasteiger partial charge on any atom is 0.153 e. The summed E-state index contributed by atoms with van der Waals surface area (Å²) in [4.78, 5) is 10.5. The van der Waals surface area contributed by atoms with Gasteiger partial charge in [-0.25, -0.2) is 0 Å². The molecule has 0 amide bonds. The second-order valence-electron chi connectivity index (χ2n) is 3.10. The van der Waals surface area contributed by atoms with Crippen LogP contribution in [0.3, 0.4) is 0 Å². The van der Waals surface area contributed by atoms with E-state index >= 15 is 0 Å². The Bertz CT molecular complexity index is 353. The van der Waals surface area contributed by atoms with Crippen LogP contribution in [0.15, 0.2) is 18.2 Å². The summed E-state index contributed by atoms with van der Waals surface area (Å²) >= 11 is 5.37. The van der Waals surface area contributed by atoms with Crippen LogP contribution in [0, 0.1) is 0 Å². The fraction of sp³-hybridized carbons (Fsp3) is 0.300. The zero-order valence-electron chi connectivity index (χ0n) is 7.80. The summed E-state index contributed by atoms with van der Waals surface area (Å²) in [6.45, 7) is 0. The van der Waals surface area contributed by atoms with Crippen molar-refractivity contribution >= 4 is 17.9 Å². The number of aliphatic hydroxyl groups is 2. The standard InChI is InChI=1S/C10H11ClO4/c11-4-9(14)10(15)6-1-2-8(13)7(3-6)5-12/h1-3,5,9-10,13-15H,4H2.